The topological polar surface area (TPSA) is 37.2 Å². The number of aromatic nitrogens is 1. The van der Waals surface area contributed by atoms with E-state index in [0.29, 0.717) is 17.8 Å². The van der Waals surface area contributed by atoms with Crippen LogP contribution in [-0.2, 0) is 0 Å². The number of hydrogen-bond donors (Lipinski definition) is 2. The number of aromatic hydroxyl groups is 1. The van der Waals surface area contributed by atoms with Crippen LogP contribution in [0.5, 0.6) is 5.75 Å². The highest BCUT2D eigenvalue weighted by atomic mass is 16.3. The molecular weight excluding hydrogens is 212 g/mol. The first-order chi connectivity index (χ1) is 8.04. The Hall–Kier alpha value is -1.48. The SMILES string of the molecule is CNC(C)c1cn(C(C)C)c2cc(O)ccc12. The summed E-state index contributed by atoms with van der Waals surface area (Å²) in [5, 5.41) is 14.1. The van der Waals surface area contributed by atoms with Crippen molar-refractivity contribution >= 4 is 10.9 Å². The Morgan fingerprint density at radius 1 is 1.24 bits per heavy atom. The molecule has 3 heteroatoms. The highest BCUT2D eigenvalue weighted by Crippen LogP contribution is 2.31. The molecule has 0 aliphatic heterocycles. The molecule has 1 aromatic heterocycles. The molecule has 1 atom stereocenters. The van der Waals surface area contributed by atoms with E-state index in [-0.39, 0.29) is 0 Å². The van der Waals surface area contributed by atoms with E-state index in [0.717, 1.165) is 5.52 Å². The second-order valence-electron chi connectivity index (χ2n) is 4.80. The quantitative estimate of drug-likeness (QED) is 0.852. The number of rotatable bonds is 3. The monoisotopic (exact) mass is 232 g/mol. The van der Waals surface area contributed by atoms with Crippen LogP contribution in [0.2, 0.25) is 0 Å². The zero-order valence-electron chi connectivity index (χ0n) is 10.9. The predicted octanol–water partition coefficient (Wildman–Crippen LogP) is 3.21. The lowest BCUT2D eigenvalue weighted by atomic mass is 10.1. The van der Waals surface area contributed by atoms with E-state index in [1.807, 2.05) is 19.2 Å². The van der Waals surface area contributed by atoms with Crippen molar-refractivity contribution in [1.29, 1.82) is 0 Å². The molecule has 0 aliphatic carbocycles. The zero-order valence-corrected chi connectivity index (χ0v) is 10.9. The first kappa shape index (κ1) is 12.0. The van der Waals surface area contributed by atoms with Crippen LogP contribution in [0.15, 0.2) is 24.4 Å². The molecule has 0 fully saturated rings. The normalized spacial score (nSPS) is 13.5. The summed E-state index contributed by atoms with van der Waals surface area (Å²) in [6, 6.07) is 6.27. The molecular formula is C14H20N2O. The van der Waals surface area contributed by atoms with Gasteiger partial charge in [-0.15, -0.1) is 0 Å². The van der Waals surface area contributed by atoms with Gasteiger partial charge in [-0.3, -0.25) is 0 Å². The van der Waals surface area contributed by atoms with Gasteiger partial charge in [-0.2, -0.15) is 0 Å². The van der Waals surface area contributed by atoms with Crippen molar-refractivity contribution in [3.8, 4) is 5.75 Å². The van der Waals surface area contributed by atoms with Gasteiger partial charge in [-0.25, -0.2) is 0 Å². The Kier molecular flexibility index (Phi) is 3.11. The molecule has 0 amide bonds. The lowest BCUT2D eigenvalue weighted by Crippen LogP contribution is -2.11. The summed E-state index contributed by atoms with van der Waals surface area (Å²) in [6.45, 7) is 6.45. The van der Waals surface area contributed by atoms with Gasteiger partial charge < -0.3 is 15.0 Å². The van der Waals surface area contributed by atoms with Crippen molar-refractivity contribution in [3.05, 3.63) is 30.0 Å². The van der Waals surface area contributed by atoms with Crippen LogP contribution in [0.4, 0.5) is 0 Å². The second kappa shape index (κ2) is 4.41. The maximum atomic E-state index is 9.61. The minimum Gasteiger partial charge on any atom is -0.508 e. The van der Waals surface area contributed by atoms with Gasteiger partial charge in [0.2, 0.25) is 0 Å². The third-order valence-electron chi connectivity index (χ3n) is 3.30. The third-order valence-corrected chi connectivity index (χ3v) is 3.30. The number of hydrogen-bond acceptors (Lipinski definition) is 2. The number of benzene rings is 1. The highest BCUT2D eigenvalue weighted by molar-refractivity contribution is 5.85. The Morgan fingerprint density at radius 2 is 1.94 bits per heavy atom. The maximum absolute atomic E-state index is 9.61. The largest absolute Gasteiger partial charge is 0.508 e. The van der Waals surface area contributed by atoms with Crippen molar-refractivity contribution in [3.63, 3.8) is 0 Å². The molecule has 17 heavy (non-hydrogen) atoms. The number of fused-ring (bicyclic) bond motifs is 1. The Morgan fingerprint density at radius 3 is 2.53 bits per heavy atom. The number of nitrogens with one attached hydrogen (secondary N) is 1. The first-order valence-corrected chi connectivity index (χ1v) is 6.05. The van der Waals surface area contributed by atoms with E-state index in [1.54, 1.807) is 6.07 Å². The van der Waals surface area contributed by atoms with Gasteiger partial charge in [-0.1, -0.05) is 0 Å². The summed E-state index contributed by atoms with van der Waals surface area (Å²) in [5.41, 5.74) is 2.37. The maximum Gasteiger partial charge on any atom is 0.117 e. The van der Waals surface area contributed by atoms with Gasteiger partial charge in [0.1, 0.15) is 5.75 Å². The molecule has 3 nitrogen and oxygen atoms in total. The molecule has 0 saturated carbocycles. The van der Waals surface area contributed by atoms with Gasteiger partial charge in [0.25, 0.3) is 0 Å². The summed E-state index contributed by atoms with van der Waals surface area (Å²) in [4.78, 5) is 0. The second-order valence-corrected chi connectivity index (χ2v) is 4.80. The fraction of sp³-hybridized carbons (Fsp3) is 0.429. The number of nitrogens with zero attached hydrogens (tertiary/aromatic N) is 1. The van der Waals surface area contributed by atoms with E-state index in [4.69, 9.17) is 0 Å². The first-order valence-electron chi connectivity index (χ1n) is 6.05. The summed E-state index contributed by atoms with van der Waals surface area (Å²) < 4.78 is 2.21. The molecule has 92 valence electrons. The molecule has 2 N–H and O–H groups in total. The van der Waals surface area contributed by atoms with Gasteiger partial charge in [-0.05, 0) is 45.5 Å². The molecule has 2 aromatic rings. The van der Waals surface area contributed by atoms with Crippen molar-refractivity contribution in [2.75, 3.05) is 7.05 Å². The minimum atomic E-state index is 0.307. The lowest BCUT2D eigenvalue weighted by Gasteiger charge is -2.09. The number of phenols is 1. The summed E-state index contributed by atoms with van der Waals surface area (Å²) in [6.07, 6.45) is 2.18. The zero-order chi connectivity index (χ0) is 12.6. The molecule has 0 spiro atoms. The molecule has 1 unspecified atom stereocenters. The third kappa shape index (κ3) is 2.03. The van der Waals surface area contributed by atoms with Crippen LogP contribution in [0.3, 0.4) is 0 Å². The summed E-state index contributed by atoms with van der Waals surface area (Å²) in [7, 11) is 1.96. The van der Waals surface area contributed by atoms with E-state index < -0.39 is 0 Å². The van der Waals surface area contributed by atoms with Crippen molar-refractivity contribution < 1.29 is 5.11 Å². The van der Waals surface area contributed by atoms with Crippen LogP contribution in [0.1, 0.15) is 38.4 Å². The Balaban J connectivity index is 2.70. The lowest BCUT2D eigenvalue weighted by molar-refractivity contribution is 0.475. The smallest absolute Gasteiger partial charge is 0.117 e. The van der Waals surface area contributed by atoms with E-state index in [2.05, 4.69) is 36.9 Å². The highest BCUT2D eigenvalue weighted by Gasteiger charge is 2.14. The van der Waals surface area contributed by atoms with Crippen LogP contribution in [0.25, 0.3) is 10.9 Å². The van der Waals surface area contributed by atoms with Crippen LogP contribution < -0.4 is 5.32 Å². The van der Waals surface area contributed by atoms with Crippen LogP contribution in [-0.4, -0.2) is 16.7 Å². The average molecular weight is 232 g/mol. The summed E-state index contributed by atoms with van der Waals surface area (Å²) in [5.74, 6) is 0.321. The predicted molar refractivity (Wildman–Crippen MR) is 71.5 cm³/mol. The van der Waals surface area contributed by atoms with Gasteiger partial charge in [0.15, 0.2) is 0 Å². The molecule has 0 aliphatic rings. The standard InChI is InChI=1S/C14H20N2O/c1-9(2)16-8-13(10(3)15-4)12-6-5-11(17)7-14(12)16/h5-10,15,17H,1-4H3. The molecule has 2 rings (SSSR count). The average Bonchev–Trinajstić information content (AvgIpc) is 2.66. The summed E-state index contributed by atoms with van der Waals surface area (Å²) >= 11 is 0. The van der Waals surface area contributed by atoms with Gasteiger partial charge in [0.05, 0.1) is 5.52 Å². The number of phenolic OH excluding ortho intramolecular Hbond substituents is 1. The van der Waals surface area contributed by atoms with Crippen molar-refractivity contribution in [2.24, 2.45) is 0 Å². The van der Waals surface area contributed by atoms with Crippen molar-refractivity contribution in [2.45, 2.75) is 32.9 Å². The Bertz CT molecular complexity index is 528. The van der Waals surface area contributed by atoms with Gasteiger partial charge >= 0.3 is 0 Å². The van der Waals surface area contributed by atoms with E-state index in [1.165, 1.54) is 10.9 Å². The van der Waals surface area contributed by atoms with E-state index >= 15 is 0 Å². The van der Waals surface area contributed by atoms with Crippen molar-refractivity contribution in [1.82, 2.24) is 9.88 Å². The molecule has 1 aromatic carbocycles. The fourth-order valence-corrected chi connectivity index (χ4v) is 2.19. The fourth-order valence-electron chi connectivity index (χ4n) is 2.19. The van der Waals surface area contributed by atoms with Crippen LogP contribution >= 0.6 is 0 Å². The Labute approximate surface area is 102 Å². The van der Waals surface area contributed by atoms with E-state index in [9.17, 15) is 5.11 Å². The van der Waals surface area contributed by atoms with Crippen LogP contribution in [0, 0.1) is 0 Å². The minimum absolute atomic E-state index is 0.307. The molecule has 1 heterocycles. The van der Waals surface area contributed by atoms with Gasteiger partial charge in [0, 0.05) is 29.7 Å². The molecule has 0 saturated heterocycles. The molecule has 0 bridgehead atoms. The molecule has 0 radical (unpaired) electrons.